The van der Waals surface area contributed by atoms with Crippen molar-refractivity contribution in [3.8, 4) is 17.2 Å². The molecule has 2 aliphatic heterocycles. The summed E-state index contributed by atoms with van der Waals surface area (Å²) in [6.07, 6.45) is 1.21. The molecule has 1 saturated heterocycles. The second-order valence-electron chi connectivity index (χ2n) is 5.45. The fraction of sp³-hybridized carbons (Fsp3) is 0.600. The molecule has 0 amide bonds. The Hall–Kier alpha value is -1.46. The number of ether oxygens (including phenoxy) is 2. The zero-order valence-corrected chi connectivity index (χ0v) is 12.0. The highest BCUT2D eigenvalue weighted by atomic mass is 16.7. The number of phenols is 1. The number of hydrogen-bond acceptors (Lipinski definition) is 5. The van der Waals surface area contributed by atoms with Crippen LogP contribution in [0.15, 0.2) is 12.1 Å². The maximum Gasteiger partial charge on any atom is 0.231 e. The van der Waals surface area contributed by atoms with Crippen molar-refractivity contribution in [2.75, 3.05) is 39.5 Å². The minimum absolute atomic E-state index is 0.244. The van der Waals surface area contributed by atoms with Crippen LogP contribution >= 0.6 is 0 Å². The average Bonchev–Trinajstić information content (AvgIpc) is 2.89. The van der Waals surface area contributed by atoms with Crippen LogP contribution in [0.5, 0.6) is 17.2 Å². The Morgan fingerprint density at radius 1 is 1.05 bits per heavy atom. The van der Waals surface area contributed by atoms with Crippen LogP contribution in [-0.4, -0.2) is 54.4 Å². The first-order chi connectivity index (χ1) is 9.76. The predicted octanol–water partition coefficient (Wildman–Crippen LogP) is 1.65. The molecule has 1 N–H and O–H groups in total. The van der Waals surface area contributed by atoms with Gasteiger partial charge in [-0.25, -0.2) is 0 Å². The van der Waals surface area contributed by atoms with Crippen molar-refractivity contribution < 1.29 is 14.6 Å². The van der Waals surface area contributed by atoms with Crippen molar-refractivity contribution >= 4 is 0 Å². The fourth-order valence-corrected chi connectivity index (χ4v) is 2.83. The van der Waals surface area contributed by atoms with E-state index in [9.17, 15) is 5.11 Å². The maximum absolute atomic E-state index is 10.1. The molecule has 2 aliphatic rings. The quantitative estimate of drug-likeness (QED) is 0.907. The van der Waals surface area contributed by atoms with Crippen LogP contribution in [0.4, 0.5) is 0 Å². The Labute approximate surface area is 119 Å². The Kier molecular flexibility index (Phi) is 3.98. The Bertz CT molecular complexity index is 470. The molecular formula is C15H22N2O3. The fourth-order valence-electron chi connectivity index (χ4n) is 2.83. The van der Waals surface area contributed by atoms with Crippen LogP contribution in [0.25, 0.3) is 0 Å². The lowest BCUT2D eigenvalue weighted by Gasteiger charge is -2.34. The molecule has 0 saturated carbocycles. The highest BCUT2D eigenvalue weighted by Gasteiger charge is 2.20. The molecule has 3 rings (SSSR count). The molecule has 0 radical (unpaired) electrons. The van der Waals surface area contributed by atoms with Gasteiger partial charge in [0.15, 0.2) is 11.5 Å². The lowest BCUT2D eigenvalue weighted by molar-refractivity contribution is 0.126. The highest BCUT2D eigenvalue weighted by molar-refractivity contribution is 5.51. The zero-order valence-electron chi connectivity index (χ0n) is 12.0. The van der Waals surface area contributed by atoms with E-state index in [0.717, 1.165) is 44.0 Å². The molecule has 0 aromatic heterocycles. The number of benzene rings is 1. The topological polar surface area (TPSA) is 45.2 Å². The third-order valence-corrected chi connectivity index (χ3v) is 3.97. The van der Waals surface area contributed by atoms with E-state index in [1.54, 1.807) is 6.07 Å². The van der Waals surface area contributed by atoms with Crippen LogP contribution in [0, 0.1) is 0 Å². The van der Waals surface area contributed by atoms with Crippen molar-refractivity contribution in [2.24, 2.45) is 0 Å². The van der Waals surface area contributed by atoms with Gasteiger partial charge in [-0.05, 0) is 19.0 Å². The second kappa shape index (κ2) is 5.89. The first-order valence-electron chi connectivity index (χ1n) is 7.32. The molecule has 0 bridgehead atoms. The van der Waals surface area contributed by atoms with Crippen molar-refractivity contribution in [1.29, 1.82) is 0 Å². The molecule has 2 heterocycles. The Morgan fingerprint density at radius 3 is 2.40 bits per heavy atom. The van der Waals surface area contributed by atoms with E-state index >= 15 is 0 Å². The molecule has 110 valence electrons. The monoisotopic (exact) mass is 278 g/mol. The summed E-state index contributed by atoms with van der Waals surface area (Å²) < 4.78 is 10.6. The predicted molar refractivity (Wildman–Crippen MR) is 76.2 cm³/mol. The summed E-state index contributed by atoms with van der Waals surface area (Å²) in [5.74, 6) is 1.67. The van der Waals surface area contributed by atoms with Crippen molar-refractivity contribution in [3.63, 3.8) is 0 Å². The van der Waals surface area contributed by atoms with Crippen LogP contribution < -0.4 is 9.47 Å². The molecule has 1 aromatic carbocycles. The smallest absolute Gasteiger partial charge is 0.231 e. The molecule has 5 nitrogen and oxygen atoms in total. The first kappa shape index (κ1) is 13.5. The number of fused-ring (bicyclic) bond motifs is 1. The van der Waals surface area contributed by atoms with Crippen molar-refractivity contribution in [1.82, 2.24) is 9.80 Å². The summed E-state index contributed by atoms with van der Waals surface area (Å²) >= 11 is 0. The third-order valence-electron chi connectivity index (χ3n) is 3.97. The van der Waals surface area contributed by atoms with E-state index in [-0.39, 0.29) is 6.79 Å². The Morgan fingerprint density at radius 2 is 1.70 bits per heavy atom. The lowest BCUT2D eigenvalue weighted by atomic mass is 10.1. The average molecular weight is 278 g/mol. The van der Waals surface area contributed by atoms with Gasteiger partial charge >= 0.3 is 0 Å². The zero-order chi connectivity index (χ0) is 13.9. The van der Waals surface area contributed by atoms with E-state index in [1.165, 1.54) is 13.0 Å². The summed E-state index contributed by atoms with van der Waals surface area (Å²) in [6, 6.07) is 3.56. The molecule has 0 spiro atoms. The summed E-state index contributed by atoms with van der Waals surface area (Å²) in [6.45, 7) is 8.73. The molecule has 0 unspecified atom stereocenters. The van der Waals surface area contributed by atoms with Gasteiger partial charge in [0.05, 0.1) is 0 Å². The lowest BCUT2D eigenvalue weighted by Crippen LogP contribution is -2.45. The van der Waals surface area contributed by atoms with E-state index < -0.39 is 0 Å². The Balaban J connectivity index is 1.61. The molecule has 1 fully saturated rings. The second-order valence-corrected chi connectivity index (χ2v) is 5.45. The standard InChI is InChI=1S/C15H22N2O3/c1-2-3-16-4-6-17(7-5-16)10-12-8-14-15(9-13(12)18)20-11-19-14/h8-9,18H,2-7,10-11H2,1H3. The molecule has 1 aromatic rings. The summed E-state index contributed by atoms with van der Waals surface area (Å²) in [7, 11) is 0. The van der Waals surface area contributed by atoms with E-state index in [0.29, 0.717) is 11.5 Å². The van der Waals surface area contributed by atoms with Crippen LogP contribution in [0.3, 0.4) is 0 Å². The van der Waals surface area contributed by atoms with Crippen LogP contribution in [-0.2, 0) is 6.54 Å². The third kappa shape index (κ3) is 2.83. The van der Waals surface area contributed by atoms with Gasteiger partial charge in [-0.15, -0.1) is 0 Å². The van der Waals surface area contributed by atoms with Gasteiger partial charge in [0.25, 0.3) is 0 Å². The maximum atomic E-state index is 10.1. The highest BCUT2D eigenvalue weighted by Crippen LogP contribution is 2.38. The molecule has 5 heteroatoms. The first-order valence-corrected chi connectivity index (χ1v) is 7.32. The van der Waals surface area contributed by atoms with Crippen molar-refractivity contribution in [2.45, 2.75) is 19.9 Å². The van der Waals surface area contributed by atoms with E-state index in [2.05, 4.69) is 16.7 Å². The number of hydrogen-bond donors (Lipinski definition) is 1. The van der Waals surface area contributed by atoms with Crippen LogP contribution in [0.1, 0.15) is 18.9 Å². The molecule has 0 atom stereocenters. The summed E-state index contributed by atoms with van der Waals surface area (Å²) in [5.41, 5.74) is 0.915. The summed E-state index contributed by atoms with van der Waals surface area (Å²) in [4.78, 5) is 4.87. The number of rotatable bonds is 4. The van der Waals surface area contributed by atoms with Gasteiger partial charge in [-0.2, -0.15) is 0 Å². The molecule has 20 heavy (non-hydrogen) atoms. The van der Waals surface area contributed by atoms with Gasteiger partial charge < -0.3 is 19.5 Å². The van der Waals surface area contributed by atoms with Gasteiger partial charge in [-0.3, -0.25) is 4.90 Å². The van der Waals surface area contributed by atoms with E-state index in [1.807, 2.05) is 6.07 Å². The van der Waals surface area contributed by atoms with Gasteiger partial charge in [-0.1, -0.05) is 6.92 Å². The van der Waals surface area contributed by atoms with Gasteiger partial charge in [0.1, 0.15) is 5.75 Å². The number of nitrogens with zero attached hydrogens (tertiary/aromatic N) is 2. The normalized spacial score (nSPS) is 19.4. The van der Waals surface area contributed by atoms with Crippen molar-refractivity contribution in [3.05, 3.63) is 17.7 Å². The van der Waals surface area contributed by atoms with Gasteiger partial charge in [0.2, 0.25) is 6.79 Å². The van der Waals surface area contributed by atoms with Gasteiger partial charge in [0, 0.05) is 44.4 Å². The number of aromatic hydroxyl groups is 1. The molecule has 0 aliphatic carbocycles. The molecular weight excluding hydrogens is 256 g/mol. The van der Waals surface area contributed by atoms with Crippen LogP contribution in [0.2, 0.25) is 0 Å². The number of piperazine rings is 1. The minimum atomic E-state index is 0.244. The minimum Gasteiger partial charge on any atom is -0.507 e. The SMILES string of the molecule is CCCN1CCN(Cc2cc3c(cc2O)OCO3)CC1. The van der Waals surface area contributed by atoms with E-state index in [4.69, 9.17) is 9.47 Å². The largest absolute Gasteiger partial charge is 0.507 e. The summed E-state index contributed by atoms with van der Waals surface area (Å²) in [5, 5.41) is 10.1. The number of phenolic OH excluding ortho intramolecular Hbond substituents is 1.